The van der Waals surface area contributed by atoms with Crippen molar-refractivity contribution in [1.29, 1.82) is 0 Å². The van der Waals surface area contributed by atoms with Gasteiger partial charge >= 0.3 is 11.9 Å². The van der Waals surface area contributed by atoms with Crippen LogP contribution >= 0.6 is 0 Å². The van der Waals surface area contributed by atoms with Crippen LogP contribution in [0.3, 0.4) is 0 Å². The highest BCUT2D eigenvalue weighted by atomic mass is 16.6. The predicted molar refractivity (Wildman–Crippen MR) is 116 cm³/mol. The van der Waals surface area contributed by atoms with Crippen molar-refractivity contribution < 1.29 is 28.5 Å². The molecule has 0 saturated carbocycles. The fourth-order valence-electron chi connectivity index (χ4n) is 2.59. The fourth-order valence-corrected chi connectivity index (χ4v) is 2.59. The molecular formula is C24H36O6. The van der Waals surface area contributed by atoms with E-state index >= 15 is 0 Å². The van der Waals surface area contributed by atoms with Crippen LogP contribution in [0, 0.1) is 0 Å². The van der Waals surface area contributed by atoms with Crippen LogP contribution in [-0.2, 0) is 28.5 Å². The molecule has 1 aromatic carbocycles. The third-order valence-electron chi connectivity index (χ3n) is 4.25. The lowest BCUT2D eigenvalue weighted by Gasteiger charge is -2.18. The van der Waals surface area contributed by atoms with Crippen molar-refractivity contribution in [2.24, 2.45) is 0 Å². The van der Waals surface area contributed by atoms with E-state index in [1.54, 1.807) is 6.92 Å². The molecular weight excluding hydrogens is 384 g/mol. The molecule has 0 aliphatic carbocycles. The van der Waals surface area contributed by atoms with Crippen LogP contribution in [0.25, 0.3) is 0 Å². The average Bonchev–Trinajstić information content (AvgIpc) is 2.74. The van der Waals surface area contributed by atoms with E-state index in [1.165, 1.54) is 0 Å². The van der Waals surface area contributed by atoms with Gasteiger partial charge in [-0.25, -0.2) is 4.79 Å². The minimum Gasteiger partial charge on any atom is -0.462 e. The van der Waals surface area contributed by atoms with Crippen LogP contribution in [0.1, 0.15) is 64.0 Å². The summed E-state index contributed by atoms with van der Waals surface area (Å²) in [7, 11) is 0. The number of rotatable bonds is 17. The van der Waals surface area contributed by atoms with Crippen molar-refractivity contribution in [3.8, 4) is 0 Å². The largest absolute Gasteiger partial charge is 0.462 e. The molecule has 30 heavy (non-hydrogen) atoms. The Morgan fingerprint density at radius 1 is 0.933 bits per heavy atom. The van der Waals surface area contributed by atoms with Crippen molar-refractivity contribution in [1.82, 2.24) is 0 Å². The highest BCUT2D eigenvalue weighted by Gasteiger charge is 2.17. The topological polar surface area (TPSA) is 71.1 Å². The van der Waals surface area contributed by atoms with Crippen LogP contribution in [0.4, 0.5) is 0 Å². The Kier molecular flexibility index (Phi) is 14.3. The van der Waals surface area contributed by atoms with E-state index in [1.807, 2.05) is 30.3 Å². The maximum atomic E-state index is 12.3. The van der Waals surface area contributed by atoms with Crippen LogP contribution in [0.5, 0.6) is 0 Å². The number of esters is 2. The Morgan fingerprint density at radius 3 is 2.27 bits per heavy atom. The molecule has 0 bridgehead atoms. The zero-order chi connectivity index (χ0) is 22.0. The first kappa shape index (κ1) is 25.9. The molecule has 0 aliphatic rings. The van der Waals surface area contributed by atoms with E-state index in [4.69, 9.17) is 18.9 Å². The monoisotopic (exact) mass is 420 g/mol. The second-order valence-corrected chi connectivity index (χ2v) is 7.16. The SMILES string of the molecule is C=C(C)C(=O)OCCCCC(=O)OC(COCCCCOCCC)c1ccccc1. The molecule has 1 rings (SSSR count). The minimum atomic E-state index is -0.434. The number of hydrogen-bond acceptors (Lipinski definition) is 6. The van der Waals surface area contributed by atoms with E-state index in [0.717, 1.165) is 38.0 Å². The Morgan fingerprint density at radius 2 is 1.60 bits per heavy atom. The molecule has 1 atom stereocenters. The third-order valence-corrected chi connectivity index (χ3v) is 4.25. The molecule has 168 valence electrons. The standard InChI is InChI=1S/C24H36O6/c1-4-15-27-16-10-11-17-28-19-22(21-12-6-5-7-13-21)30-23(25)14-8-9-18-29-24(26)20(2)3/h5-7,12-13,22H,2,4,8-11,14-19H2,1,3H3. The summed E-state index contributed by atoms with van der Waals surface area (Å²) >= 11 is 0. The molecule has 0 heterocycles. The zero-order valence-corrected chi connectivity index (χ0v) is 18.4. The summed E-state index contributed by atoms with van der Waals surface area (Å²) in [5, 5.41) is 0. The summed E-state index contributed by atoms with van der Waals surface area (Å²) < 4.78 is 21.9. The zero-order valence-electron chi connectivity index (χ0n) is 18.4. The molecule has 0 saturated heterocycles. The highest BCUT2D eigenvalue weighted by molar-refractivity contribution is 5.86. The van der Waals surface area contributed by atoms with Gasteiger partial charge in [-0.2, -0.15) is 0 Å². The maximum Gasteiger partial charge on any atom is 0.333 e. The first-order valence-electron chi connectivity index (χ1n) is 10.8. The molecule has 6 nitrogen and oxygen atoms in total. The number of hydrogen-bond donors (Lipinski definition) is 0. The van der Waals surface area contributed by atoms with E-state index in [-0.39, 0.29) is 19.0 Å². The Balaban J connectivity index is 2.32. The number of unbranched alkanes of at least 4 members (excludes halogenated alkanes) is 2. The van der Waals surface area contributed by atoms with E-state index in [2.05, 4.69) is 13.5 Å². The summed E-state index contributed by atoms with van der Waals surface area (Å²) in [6, 6.07) is 9.61. The van der Waals surface area contributed by atoms with Gasteiger partial charge in [0, 0.05) is 31.8 Å². The molecule has 0 spiro atoms. The first-order valence-corrected chi connectivity index (χ1v) is 10.8. The second-order valence-electron chi connectivity index (χ2n) is 7.16. The highest BCUT2D eigenvalue weighted by Crippen LogP contribution is 2.19. The van der Waals surface area contributed by atoms with Gasteiger partial charge in [0.25, 0.3) is 0 Å². The quantitative estimate of drug-likeness (QED) is 0.205. The molecule has 0 amide bonds. The van der Waals surface area contributed by atoms with Gasteiger partial charge in [0.1, 0.15) is 0 Å². The molecule has 0 fully saturated rings. The Hall–Kier alpha value is -2.18. The Labute approximate surface area is 180 Å². The van der Waals surface area contributed by atoms with Crippen LogP contribution in [0.2, 0.25) is 0 Å². The van der Waals surface area contributed by atoms with Gasteiger partial charge in [-0.15, -0.1) is 0 Å². The lowest BCUT2D eigenvalue weighted by Crippen LogP contribution is -2.17. The number of ether oxygens (including phenoxy) is 4. The second kappa shape index (κ2) is 16.6. The molecule has 1 aromatic rings. The van der Waals surface area contributed by atoms with Gasteiger partial charge in [0.15, 0.2) is 6.10 Å². The first-order chi connectivity index (χ1) is 14.5. The van der Waals surface area contributed by atoms with Gasteiger partial charge in [-0.1, -0.05) is 43.8 Å². The Bertz CT molecular complexity index is 613. The molecule has 0 aliphatic heterocycles. The van der Waals surface area contributed by atoms with Crippen molar-refractivity contribution in [3.63, 3.8) is 0 Å². The van der Waals surface area contributed by atoms with Crippen LogP contribution < -0.4 is 0 Å². The molecule has 0 radical (unpaired) electrons. The van der Waals surface area contributed by atoms with E-state index in [9.17, 15) is 9.59 Å². The summed E-state index contributed by atoms with van der Waals surface area (Å²) in [4.78, 5) is 23.6. The van der Waals surface area contributed by atoms with Gasteiger partial charge in [-0.05, 0) is 44.6 Å². The van der Waals surface area contributed by atoms with Gasteiger partial charge in [-0.3, -0.25) is 4.79 Å². The smallest absolute Gasteiger partial charge is 0.333 e. The van der Waals surface area contributed by atoms with Crippen molar-refractivity contribution in [2.75, 3.05) is 33.0 Å². The van der Waals surface area contributed by atoms with Crippen LogP contribution in [0.15, 0.2) is 42.5 Å². The minimum absolute atomic E-state index is 0.267. The van der Waals surface area contributed by atoms with Gasteiger partial charge in [0.2, 0.25) is 0 Å². The summed E-state index contributed by atoms with van der Waals surface area (Å²) in [5.41, 5.74) is 1.28. The predicted octanol–water partition coefficient (Wildman–Crippen LogP) is 4.78. The third kappa shape index (κ3) is 12.4. The normalized spacial score (nSPS) is 11.7. The number of carbonyl (C=O) groups is 2. The summed E-state index contributed by atoms with van der Waals surface area (Å²) in [6.45, 7) is 9.96. The molecule has 1 unspecified atom stereocenters. The summed E-state index contributed by atoms with van der Waals surface area (Å²) in [6.07, 6.45) is 3.90. The molecule has 0 aromatic heterocycles. The maximum absolute atomic E-state index is 12.3. The summed E-state index contributed by atoms with van der Waals surface area (Å²) in [5.74, 6) is -0.692. The van der Waals surface area contributed by atoms with E-state index in [0.29, 0.717) is 31.6 Å². The molecule has 6 heteroatoms. The van der Waals surface area contributed by atoms with E-state index < -0.39 is 12.1 Å². The average molecular weight is 421 g/mol. The van der Waals surface area contributed by atoms with Gasteiger partial charge < -0.3 is 18.9 Å². The molecule has 0 N–H and O–H groups in total. The van der Waals surface area contributed by atoms with Gasteiger partial charge in [0.05, 0.1) is 13.2 Å². The van der Waals surface area contributed by atoms with Crippen molar-refractivity contribution in [3.05, 3.63) is 48.0 Å². The fraction of sp³-hybridized carbons (Fsp3) is 0.583. The van der Waals surface area contributed by atoms with Crippen molar-refractivity contribution in [2.45, 2.75) is 58.5 Å². The lowest BCUT2D eigenvalue weighted by molar-refractivity contribution is -0.153. The number of benzene rings is 1. The number of carbonyl (C=O) groups excluding carboxylic acids is 2. The van der Waals surface area contributed by atoms with Crippen LogP contribution in [-0.4, -0.2) is 45.0 Å². The van der Waals surface area contributed by atoms with Crippen molar-refractivity contribution >= 4 is 11.9 Å². The lowest BCUT2D eigenvalue weighted by atomic mass is 10.1.